The van der Waals surface area contributed by atoms with Gasteiger partial charge in [-0.1, -0.05) is 11.6 Å². The number of aromatic nitrogens is 4. The fraction of sp³-hybridized carbons (Fsp3) is 0.278. The molecule has 3 heterocycles. The van der Waals surface area contributed by atoms with E-state index in [9.17, 15) is 22.8 Å². The summed E-state index contributed by atoms with van der Waals surface area (Å²) in [6.45, 7) is 5.11. The summed E-state index contributed by atoms with van der Waals surface area (Å²) in [6.07, 6.45) is -2.60. The molecule has 0 aliphatic carbocycles. The first-order valence-electron chi connectivity index (χ1n) is 8.79. The number of anilines is 1. The number of carbonyl (C=O) groups is 2. The molecule has 1 atom stereocenters. The Kier molecular flexibility index (Phi) is 6.32. The number of hydrogen-bond acceptors (Lipinski definition) is 6. The lowest BCUT2D eigenvalue weighted by atomic mass is 10.2. The van der Waals surface area contributed by atoms with Crippen LogP contribution in [0.15, 0.2) is 18.5 Å². The fourth-order valence-electron chi connectivity index (χ4n) is 2.71. The van der Waals surface area contributed by atoms with E-state index in [0.29, 0.717) is 28.0 Å². The second kappa shape index (κ2) is 8.63. The molecule has 3 aromatic rings. The number of pyridine rings is 1. The summed E-state index contributed by atoms with van der Waals surface area (Å²) < 4.78 is 38.9. The van der Waals surface area contributed by atoms with E-state index < -0.39 is 28.7 Å². The van der Waals surface area contributed by atoms with Gasteiger partial charge in [-0.2, -0.15) is 18.3 Å². The highest BCUT2D eigenvalue weighted by Gasteiger charge is 2.34. The Morgan fingerprint density at radius 3 is 2.52 bits per heavy atom. The van der Waals surface area contributed by atoms with Crippen molar-refractivity contribution in [2.24, 2.45) is 0 Å². The van der Waals surface area contributed by atoms with Crippen LogP contribution in [0.4, 0.5) is 19.0 Å². The van der Waals surface area contributed by atoms with E-state index >= 15 is 0 Å². The van der Waals surface area contributed by atoms with Crippen molar-refractivity contribution in [3.8, 4) is 0 Å². The number of hydrogen-bond donors (Lipinski definition) is 3. The number of rotatable bonds is 5. The zero-order valence-corrected chi connectivity index (χ0v) is 18.0. The molecule has 8 nitrogen and oxygen atoms in total. The minimum absolute atomic E-state index is 0.136. The number of thiazole rings is 1. The Morgan fingerprint density at radius 1 is 1.19 bits per heavy atom. The topological polar surface area (TPSA) is 113 Å². The van der Waals surface area contributed by atoms with Crippen LogP contribution >= 0.6 is 22.9 Å². The number of aromatic amines is 1. The van der Waals surface area contributed by atoms with Gasteiger partial charge in [0.05, 0.1) is 34.1 Å². The van der Waals surface area contributed by atoms with Crippen molar-refractivity contribution in [1.29, 1.82) is 0 Å². The van der Waals surface area contributed by atoms with Crippen molar-refractivity contribution in [2.75, 3.05) is 5.32 Å². The second-order valence-corrected chi connectivity index (χ2v) is 8.04. The van der Waals surface area contributed by atoms with Crippen LogP contribution in [0.3, 0.4) is 0 Å². The molecule has 0 bridgehead atoms. The molecule has 13 heteroatoms. The maximum atomic E-state index is 13.0. The number of alkyl halides is 3. The second-order valence-electron chi connectivity index (χ2n) is 6.57. The van der Waals surface area contributed by atoms with Gasteiger partial charge in [-0.3, -0.25) is 14.7 Å². The quantitative estimate of drug-likeness (QED) is 0.512. The van der Waals surface area contributed by atoms with Gasteiger partial charge in [-0.15, -0.1) is 11.3 Å². The van der Waals surface area contributed by atoms with Crippen molar-refractivity contribution in [2.45, 2.75) is 33.0 Å². The van der Waals surface area contributed by atoms with Gasteiger partial charge in [-0.25, -0.2) is 9.97 Å². The monoisotopic (exact) mass is 472 g/mol. The van der Waals surface area contributed by atoms with Crippen LogP contribution in [0, 0.1) is 13.8 Å². The van der Waals surface area contributed by atoms with E-state index in [0.717, 1.165) is 17.5 Å². The van der Waals surface area contributed by atoms with Crippen molar-refractivity contribution < 1.29 is 22.8 Å². The highest BCUT2D eigenvalue weighted by molar-refractivity contribution is 7.13. The van der Waals surface area contributed by atoms with Gasteiger partial charge in [-0.05, 0) is 26.8 Å². The van der Waals surface area contributed by atoms with E-state index in [-0.39, 0.29) is 16.6 Å². The molecule has 3 N–H and O–H groups in total. The van der Waals surface area contributed by atoms with Crippen molar-refractivity contribution in [3.63, 3.8) is 0 Å². The summed E-state index contributed by atoms with van der Waals surface area (Å²) >= 11 is 6.52. The third-order valence-corrected chi connectivity index (χ3v) is 5.70. The third-order valence-electron chi connectivity index (χ3n) is 4.22. The van der Waals surface area contributed by atoms with Gasteiger partial charge in [0.15, 0.2) is 0 Å². The molecule has 0 fully saturated rings. The molecule has 0 aromatic carbocycles. The van der Waals surface area contributed by atoms with E-state index in [1.165, 1.54) is 6.20 Å². The summed E-state index contributed by atoms with van der Waals surface area (Å²) in [5.74, 6) is -1.34. The number of aryl methyl sites for hydroxylation is 2. The Balaban J connectivity index is 1.70. The lowest BCUT2D eigenvalue weighted by Crippen LogP contribution is -2.27. The predicted molar refractivity (Wildman–Crippen MR) is 108 cm³/mol. The number of amides is 2. The lowest BCUT2D eigenvalue weighted by molar-refractivity contribution is -0.137. The highest BCUT2D eigenvalue weighted by Crippen LogP contribution is 2.35. The van der Waals surface area contributed by atoms with Gasteiger partial charge in [0.25, 0.3) is 11.8 Å². The van der Waals surface area contributed by atoms with E-state index in [2.05, 4.69) is 30.8 Å². The number of nitrogens with one attached hydrogen (secondary N) is 3. The number of nitrogens with zero attached hydrogens (tertiary/aromatic N) is 3. The maximum absolute atomic E-state index is 13.0. The largest absolute Gasteiger partial charge is 0.418 e. The Morgan fingerprint density at radius 2 is 1.90 bits per heavy atom. The van der Waals surface area contributed by atoms with E-state index in [1.807, 2.05) is 0 Å². The van der Waals surface area contributed by atoms with Crippen molar-refractivity contribution in [3.05, 3.63) is 55.9 Å². The summed E-state index contributed by atoms with van der Waals surface area (Å²) in [6, 6.07) is 0.138. The molecule has 3 rings (SSSR count). The van der Waals surface area contributed by atoms with Crippen molar-refractivity contribution in [1.82, 2.24) is 25.5 Å². The molecular formula is C18H16ClF3N6O2S. The zero-order chi connectivity index (χ0) is 22.9. The molecule has 0 unspecified atom stereocenters. The average molecular weight is 473 g/mol. The first-order valence-corrected chi connectivity index (χ1v) is 9.99. The van der Waals surface area contributed by atoms with Crippen molar-refractivity contribution >= 4 is 40.6 Å². The van der Waals surface area contributed by atoms with Gasteiger partial charge in [0, 0.05) is 11.9 Å². The number of carbonyl (C=O) groups excluding carboxylic acids is 2. The number of halogens is 4. The first kappa shape index (κ1) is 22.7. The van der Waals surface area contributed by atoms with Crippen LogP contribution in [0.5, 0.6) is 0 Å². The molecule has 0 radical (unpaired) electrons. The summed E-state index contributed by atoms with van der Waals surface area (Å²) in [5.41, 5.74) is 0.492. The highest BCUT2D eigenvalue weighted by atomic mass is 35.5. The minimum Gasteiger partial charge on any atom is -0.343 e. The zero-order valence-electron chi connectivity index (χ0n) is 16.4. The predicted octanol–water partition coefficient (Wildman–Crippen LogP) is 4.29. The molecule has 164 valence electrons. The maximum Gasteiger partial charge on any atom is 0.418 e. The molecule has 0 aliphatic heterocycles. The van der Waals surface area contributed by atoms with Gasteiger partial charge < -0.3 is 10.6 Å². The Labute approximate surface area is 183 Å². The third kappa shape index (κ3) is 5.02. The Bertz CT molecular complexity index is 1120. The van der Waals surface area contributed by atoms with Gasteiger partial charge >= 0.3 is 6.18 Å². The normalized spacial score (nSPS) is 12.5. The Hall–Kier alpha value is -2.99. The molecule has 0 spiro atoms. The molecule has 3 aromatic heterocycles. The molecular weight excluding hydrogens is 457 g/mol. The molecule has 0 saturated heterocycles. The van der Waals surface area contributed by atoms with Crippen LogP contribution < -0.4 is 10.6 Å². The molecule has 31 heavy (non-hydrogen) atoms. The first-order chi connectivity index (χ1) is 14.5. The van der Waals surface area contributed by atoms with Crippen LogP contribution in [-0.2, 0) is 6.18 Å². The van der Waals surface area contributed by atoms with Crippen LogP contribution in [-0.4, -0.2) is 32.0 Å². The van der Waals surface area contributed by atoms with E-state index in [4.69, 9.17) is 11.6 Å². The lowest BCUT2D eigenvalue weighted by Gasteiger charge is -2.11. The van der Waals surface area contributed by atoms with Crippen LogP contribution in [0.2, 0.25) is 5.02 Å². The van der Waals surface area contributed by atoms with Crippen LogP contribution in [0.1, 0.15) is 55.0 Å². The van der Waals surface area contributed by atoms with Gasteiger partial charge in [0.1, 0.15) is 15.7 Å². The fourth-order valence-corrected chi connectivity index (χ4v) is 3.74. The summed E-state index contributed by atoms with van der Waals surface area (Å²) in [5, 5.41) is 11.6. The molecule has 2 amide bonds. The SMILES string of the molecule is Cc1n[nH]c(C)c1C(=O)N[C@H](C)c1ncc(C(=O)Nc2cc(C(F)(F)F)c(Cl)cn2)s1. The smallest absolute Gasteiger partial charge is 0.343 e. The molecule has 0 saturated carbocycles. The summed E-state index contributed by atoms with van der Waals surface area (Å²) in [4.78, 5) is 32.8. The molecule has 0 aliphatic rings. The van der Waals surface area contributed by atoms with Crippen LogP contribution in [0.25, 0.3) is 0 Å². The minimum atomic E-state index is -4.68. The standard InChI is InChI=1S/C18H16ClF3N6O2S/c1-7-14(8(2)28-27-7)16(30)25-9(3)17-24-6-12(31-17)15(29)26-13-4-10(18(20,21)22)11(19)5-23-13/h4-6,9H,1-3H3,(H,25,30)(H,27,28)(H,23,26,29)/t9-/m1/s1. The number of H-pyrrole nitrogens is 1. The summed E-state index contributed by atoms with van der Waals surface area (Å²) in [7, 11) is 0. The van der Waals surface area contributed by atoms with Gasteiger partial charge in [0.2, 0.25) is 0 Å². The van der Waals surface area contributed by atoms with E-state index in [1.54, 1.807) is 20.8 Å². The average Bonchev–Trinajstić information content (AvgIpc) is 3.29.